The Labute approximate surface area is 79.4 Å². The highest BCUT2D eigenvalue weighted by atomic mass is 16.6. The second-order valence-corrected chi connectivity index (χ2v) is 3.53. The van der Waals surface area contributed by atoms with E-state index in [9.17, 15) is 4.79 Å². The van der Waals surface area contributed by atoms with E-state index in [2.05, 4.69) is 6.92 Å². The SMILES string of the molecule is CCCCOC(=O)C1CCC(C)O1. The van der Waals surface area contributed by atoms with Crippen molar-refractivity contribution in [2.45, 2.75) is 51.7 Å². The Morgan fingerprint density at radius 1 is 1.54 bits per heavy atom. The number of unbranched alkanes of at least 4 members (excludes halogenated alkanes) is 1. The molecule has 13 heavy (non-hydrogen) atoms. The summed E-state index contributed by atoms with van der Waals surface area (Å²) in [7, 11) is 0. The molecule has 0 N–H and O–H groups in total. The van der Waals surface area contributed by atoms with Crippen molar-refractivity contribution >= 4 is 5.97 Å². The van der Waals surface area contributed by atoms with Gasteiger partial charge in [0.15, 0.2) is 6.10 Å². The summed E-state index contributed by atoms with van der Waals surface area (Å²) in [6.45, 7) is 4.59. The van der Waals surface area contributed by atoms with Crippen LogP contribution in [0.4, 0.5) is 0 Å². The lowest BCUT2D eigenvalue weighted by Gasteiger charge is -2.10. The predicted octanol–water partition coefficient (Wildman–Crippen LogP) is 1.90. The Morgan fingerprint density at radius 3 is 2.85 bits per heavy atom. The van der Waals surface area contributed by atoms with E-state index in [4.69, 9.17) is 9.47 Å². The first-order valence-electron chi connectivity index (χ1n) is 5.06. The molecule has 0 aromatic heterocycles. The van der Waals surface area contributed by atoms with Crippen LogP contribution in [-0.2, 0) is 14.3 Å². The maximum atomic E-state index is 11.3. The van der Waals surface area contributed by atoms with Gasteiger partial charge in [0, 0.05) is 0 Å². The van der Waals surface area contributed by atoms with Gasteiger partial charge in [0.2, 0.25) is 0 Å². The Balaban J connectivity index is 2.16. The molecule has 1 rings (SSSR count). The fourth-order valence-corrected chi connectivity index (χ4v) is 1.39. The molecule has 0 aromatic rings. The lowest BCUT2D eigenvalue weighted by atomic mass is 10.2. The van der Waals surface area contributed by atoms with E-state index in [1.165, 1.54) is 0 Å². The Bertz CT molecular complexity index is 168. The van der Waals surface area contributed by atoms with Crippen LogP contribution in [0.3, 0.4) is 0 Å². The maximum Gasteiger partial charge on any atom is 0.335 e. The van der Waals surface area contributed by atoms with Crippen molar-refractivity contribution in [3.63, 3.8) is 0 Å². The number of rotatable bonds is 4. The molecule has 2 unspecified atom stereocenters. The first kappa shape index (κ1) is 10.5. The van der Waals surface area contributed by atoms with Crippen molar-refractivity contribution < 1.29 is 14.3 Å². The summed E-state index contributed by atoms with van der Waals surface area (Å²) >= 11 is 0. The highest BCUT2D eigenvalue weighted by Gasteiger charge is 2.29. The van der Waals surface area contributed by atoms with Gasteiger partial charge in [-0.1, -0.05) is 13.3 Å². The summed E-state index contributed by atoms with van der Waals surface area (Å²) in [6.07, 6.45) is 3.68. The van der Waals surface area contributed by atoms with Gasteiger partial charge in [-0.3, -0.25) is 0 Å². The number of carbonyl (C=O) groups excluding carboxylic acids is 1. The van der Waals surface area contributed by atoms with Crippen molar-refractivity contribution in [2.75, 3.05) is 6.61 Å². The average molecular weight is 186 g/mol. The Kier molecular flexibility index (Phi) is 4.22. The fraction of sp³-hybridized carbons (Fsp3) is 0.900. The Hall–Kier alpha value is -0.570. The van der Waals surface area contributed by atoms with E-state index < -0.39 is 0 Å². The van der Waals surface area contributed by atoms with Crippen molar-refractivity contribution in [1.29, 1.82) is 0 Å². The van der Waals surface area contributed by atoms with Crippen LogP contribution < -0.4 is 0 Å². The average Bonchev–Trinajstić information content (AvgIpc) is 2.52. The number of esters is 1. The fourth-order valence-electron chi connectivity index (χ4n) is 1.39. The van der Waals surface area contributed by atoms with E-state index in [1.807, 2.05) is 6.92 Å². The molecule has 0 saturated carbocycles. The normalized spacial score (nSPS) is 27.5. The minimum absolute atomic E-state index is 0.183. The molecule has 0 radical (unpaired) electrons. The van der Waals surface area contributed by atoms with Crippen molar-refractivity contribution in [2.24, 2.45) is 0 Å². The highest BCUT2D eigenvalue weighted by Crippen LogP contribution is 2.19. The van der Waals surface area contributed by atoms with Crippen LogP contribution in [0.1, 0.15) is 39.5 Å². The lowest BCUT2D eigenvalue weighted by Crippen LogP contribution is -2.23. The molecule has 0 aliphatic carbocycles. The summed E-state index contributed by atoms with van der Waals surface area (Å²) in [5, 5.41) is 0. The number of ether oxygens (including phenoxy) is 2. The van der Waals surface area contributed by atoms with E-state index in [1.54, 1.807) is 0 Å². The van der Waals surface area contributed by atoms with Crippen LogP contribution in [-0.4, -0.2) is 24.8 Å². The van der Waals surface area contributed by atoms with Crippen LogP contribution in [0, 0.1) is 0 Å². The summed E-state index contributed by atoms with van der Waals surface area (Å²) in [6, 6.07) is 0. The zero-order valence-electron chi connectivity index (χ0n) is 8.41. The van der Waals surface area contributed by atoms with Crippen LogP contribution in [0.25, 0.3) is 0 Å². The smallest absolute Gasteiger partial charge is 0.335 e. The van der Waals surface area contributed by atoms with Crippen LogP contribution in [0.15, 0.2) is 0 Å². The monoisotopic (exact) mass is 186 g/mol. The first-order chi connectivity index (χ1) is 6.24. The molecule has 1 saturated heterocycles. The second-order valence-electron chi connectivity index (χ2n) is 3.53. The van der Waals surface area contributed by atoms with E-state index in [0.717, 1.165) is 25.7 Å². The molecule has 2 atom stereocenters. The zero-order chi connectivity index (χ0) is 9.68. The van der Waals surface area contributed by atoms with Crippen molar-refractivity contribution in [3.8, 4) is 0 Å². The highest BCUT2D eigenvalue weighted by molar-refractivity contribution is 5.74. The third-order valence-electron chi connectivity index (χ3n) is 2.24. The predicted molar refractivity (Wildman–Crippen MR) is 49.4 cm³/mol. The molecule has 1 fully saturated rings. The Morgan fingerprint density at radius 2 is 2.31 bits per heavy atom. The molecule has 0 bridgehead atoms. The molecule has 0 amide bonds. The van der Waals surface area contributed by atoms with Gasteiger partial charge in [0.25, 0.3) is 0 Å². The number of hydrogen-bond acceptors (Lipinski definition) is 3. The molecule has 0 aromatic carbocycles. The van der Waals surface area contributed by atoms with E-state index in [-0.39, 0.29) is 18.2 Å². The number of hydrogen-bond donors (Lipinski definition) is 0. The molecule has 1 aliphatic rings. The molecule has 3 heteroatoms. The lowest BCUT2D eigenvalue weighted by molar-refractivity contribution is -0.156. The zero-order valence-corrected chi connectivity index (χ0v) is 8.41. The molecule has 1 aliphatic heterocycles. The van der Waals surface area contributed by atoms with Gasteiger partial charge in [-0.25, -0.2) is 4.79 Å². The van der Waals surface area contributed by atoms with Crippen LogP contribution in [0.2, 0.25) is 0 Å². The number of carbonyl (C=O) groups is 1. The molecule has 0 spiro atoms. The molecule has 1 heterocycles. The summed E-state index contributed by atoms with van der Waals surface area (Å²) in [5.74, 6) is -0.183. The van der Waals surface area contributed by atoms with Crippen molar-refractivity contribution in [1.82, 2.24) is 0 Å². The standard InChI is InChI=1S/C10H18O3/c1-3-4-7-12-10(11)9-6-5-8(2)13-9/h8-9H,3-7H2,1-2H3. The maximum absolute atomic E-state index is 11.3. The van der Waals surface area contributed by atoms with Crippen LogP contribution in [0.5, 0.6) is 0 Å². The topological polar surface area (TPSA) is 35.5 Å². The minimum atomic E-state index is -0.299. The summed E-state index contributed by atoms with van der Waals surface area (Å²) < 4.78 is 10.4. The van der Waals surface area contributed by atoms with Gasteiger partial charge < -0.3 is 9.47 Å². The largest absolute Gasteiger partial charge is 0.464 e. The molecule has 3 nitrogen and oxygen atoms in total. The van der Waals surface area contributed by atoms with Gasteiger partial charge in [-0.15, -0.1) is 0 Å². The van der Waals surface area contributed by atoms with E-state index >= 15 is 0 Å². The quantitative estimate of drug-likeness (QED) is 0.497. The molecular weight excluding hydrogens is 168 g/mol. The summed E-state index contributed by atoms with van der Waals surface area (Å²) in [5.41, 5.74) is 0. The van der Waals surface area contributed by atoms with E-state index in [0.29, 0.717) is 6.61 Å². The van der Waals surface area contributed by atoms with Gasteiger partial charge in [-0.2, -0.15) is 0 Å². The third kappa shape index (κ3) is 3.35. The molecular formula is C10H18O3. The van der Waals surface area contributed by atoms with Crippen molar-refractivity contribution in [3.05, 3.63) is 0 Å². The third-order valence-corrected chi connectivity index (χ3v) is 2.24. The van der Waals surface area contributed by atoms with Gasteiger partial charge in [0.1, 0.15) is 0 Å². The molecule has 76 valence electrons. The first-order valence-corrected chi connectivity index (χ1v) is 5.06. The minimum Gasteiger partial charge on any atom is -0.464 e. The van der Waals surface area contributed by atoms with Gasteiger partial charge in [-0.05, 0) is 26.2 Å². The second kappa shape index (κ2) is 5.22. The van der Waals surface area contributed by atoms with Gasteiger partial charge in [0.05, 0.1) is 12.7 Å². The van der Waals surface area contributed by atoms with Crippen LogP contribution >= 0.6 is 0 Å². The van der Waals surface area contributed by atoms with Gasteiger partial charge >= 0.3 is 5.97 Å². The summed E-state index contributed by atoms with van der Waals surface area (Å²) in [4.78, 5) is 11.3.